The first-order valence-corrected chi connectivity index (χ1v) is 14.2. The van der Waals surface area contributed by atoms with E-state index in [2.05, 4.69) is 20.4 Å². The average molecular weight is 658 g/mol. The third kappa shape index (κ3) is 8.64. The molecule has 1 fully saturated rings. The quantitative estimate of drug-likeness (QED) is 0.305. The molecule has 3 heterocycles. The lowest BCUT2D eigenvalue weighted by atomic mass is 10.0. The molecule has 11 nitrogen and oxygen atoms in total. The van der Waals surface area contributed by atoms with Gasteiger partial charge in [0.2, 0.25) is 11.9 Å². The number of nitrogens with one attached hydrogen (secondary N) is 1. The summed E-state index contributed by atoms with van der Waals surface area (Å²) in [7, 11) is 3.08. The summed E-state index contributed by atoms with van der Waals surface area (Å²) < 4.78 is 91.4. The molecule has 0 saturated carbocycles. The third-order valence-electron chi connectivity index (χ3n) is 7.47. The maximum Gasteiger partial charge on any atom is 0.423 e. The zero-order valence-corrected chi connectivity index (χ0v) is 25.2. The van der Waals surface area contributed by atoms with Gasteiger partial charge in [-0.25, -0.2) is 14.6 Å². The van der Waals surface area contributed by atoms with E-state index in [1.807, 2.05) is 0 Å². The summed E-state index contributed by atoms with van der Waals surface area (Å²) in [5.74, 6) is 0.374. The van der Waals surface area contributed by atoms with Crippen LogP contribution in [0.25, 0.3) is 0 Å². The minimum absolute atomic E-state index is 0.143. The minimum atomic E-state index is -4.96. The van der Waals surface area contributed by atoms with E-state index in [4.69, 9.17) is 9.47 Å². The fraction of sp³-hybridized carbons (Fsp3) is 0.483. The summed E-state index contributed by atoms with van der Waals surface area (Å²) in [5.41, 5.74) is -3.60. The number of halogens is 6. The van der Waals surface area contributed by atoms with Gasteiger partial charge in [-0.1, -0.05) is 12.1 Å². The van der Waals surface area contributed by atoms with Crippen molar-refractivity contribution in [2.45, 2.75) is 50.7 Å². The molecule has 1 aromatic carbocycles. The number of carbonyl (C=O) groups is 1. The van der Waals surface area contributed by atoms with E-state index in [9.17, 15) is 35.9 Å². The number of hydrogen-bond acceptors (Lipinski definition) is 9. The SMILES string of the molecule is COc1ccc(Cn2ncc(NC(C)COCC(=O)N(C)C3CCN(c4ncc(C(F)(F)F)cn4)CC3)c(C(F)(F)F)c2=O)cc1. The predicted molar refractivity (Wildman–Crippen MR) is 155 cm³/mol. The summed E-state index contributed by atoms with van der Waals surface area (Å²) in [5, 5.41) is 6.54. The zero-order valence-electron chi connectivity index (χ0n) is 25.2. The van der Waals surface area contributed by atoms with E-state index in [0.29, 0.717) is 37.2 Å². The molecule has 4 rings (SSSR count). The highest BCUT2D eigenvalue weighted by Crippen LogP contribution is 2.32. The number of carbonyl (C=O) groups excluding carboxylic acids is 1. The second kappa shape index (κ2) is 14.3. The van der Waals surface area contributed by atoms with Crippen molar-refractivity contribution in [2.24, 2.45) is 0 Å². The predicted octanol–water partition coefficient (Wildman–Crippen LogP) is 4.07. The van der Waals surface area contributed by atoms with Gasteiger partial charge in [0.05, 0.1) is 37.7 Å². The lowest BCUT2D eigenvalue weighted by Crippen LogP contribution is -2.47. The number of methoxy groups -OCH3 is 1. The monoisotopic (exact) mass is 657 g/mol. The average Bonchev–Trinajstić information content (AvgIpc) is 3.01. The maximum atomic E-state index is 14.0. The van der Waals surface area contributed by atoms with Gasteiger partial charge in [-0.2, -0.15) is 31.4 Å². The first-order valence-electron chi connectivity index (χ1n) is 14.2. The summed E-state index contributed by atoms with van der Waals surface area (Å²) in [6.07, 6.45) is -6.06. The lowest BCUT2D eigenvalue weighted by molar-refractivity contribution is -0.139. The number of benzene rings is 1. The van der Waals surface area contributed by atoms with E-state index < -0.39 is 40.8 Å². The molecule has 0 radical (unpaired) electrons. The Balaban J connectivity index is 1.27. The highest BCUT2D eigenvalue weighted by Gasteiger charge is 2.38. The number of rotatable bonds is 11. The Hall–Kier alpha value is -4.41. The summed E-state index contributed by atoms with van der Waals surface area (Å²) in [6.45, 7) is 1.72. The van der Waals surface area contributed by atoms with Crippen molar-refractivity contribution >= 4 is 17.5 Å². The maximum absolute atomic E-state index is 14.0. The molecule has 46 heavy (non-hydrogen) atoms. The molecule has 1 N–H and O–H groups in total. The first-order chi connectivity index (χ1) is 21.7. The van der Waals surface area contributed by atoms with E-state index in [1.165, 1.54) is 18.9 Å². The topological polar surface area (TPSA) is 115 Å². The van der Waals surface area contributed by atoms with Gasteiger partial charge < -0.3 is 24.6 Å². The molecule has 2 aromatic heterocycles. The lowest BCUT2D eigenvalue weighted by Gasteiger charge is -2.36. The number of amides is 1. The van der Waals surface area contributed by atoms with Crippen LogP contribution in [0, 0.1) is 0 Å². The van der Waals surface area contributed by atoms with Crippen LogP contribution in [0.1, 0.15) is 36.5 Å². The van der Waals surface area contributed by atoms with E-state index in [0.717, 1.165) is 23.3 Å². The molecular formula is C29H33F6N7O4. The van der Waals surface area contributed by atoms with Crippen LogP contribution in [0.3, 0.4) is 0 Å². The van der Waals surface area contributed by atoms with Gasteiger partial charge in [0.1, 0.15) is 17.9 Å². The van der Waals surface area contributed by atoms with Crippen LogP contribution in [0.2, 0.25) is 0 Å². The second-order valence-corrected chi connectivity index (χ2v) is 10.8. The van der Waals surface area contributed by atoms with Crippen molar-refractivity contribution in [3.05, 3.63) is 69.9 Å². The molecule has 1 aliphatic heterocycles. The Kier molecular flexibility index (Phi) is 10.7. The number of anilines is 2. The van der Waals surface area contributed by atoms with Crippen molar-refractivity contribution in [1.29, 1.82) is 0 Å². The molecule has 0 spiro atoms. The Morgan fingerprint density at radius 1 is 1.04 bits per heavy atom. The van der Waals surface area contributed by atoms with Gasteiger partial charge >= 0.3 is 12.4 Å². The number of nitrogens with zero attached hydrogens (tertiary/aromatic N) is 6. The number of ether oxygens (including phenoxy) is 2. The van der Waals surface area contributed by atoms with Crippen molar-refractivity contribution < 1.29 is 40.6 Å². The molecule has 0 aliphatic carbocycles. The van der Waals surface area contributed by atoms with Gasteiger partial charge in [0, 0.05) is 44.6 Å². The molecule has 3 aromatic rings. The summed E-state index contributed by atoms with van der Waals surface area (Å²) in [4.78, 5) is 36.4. The van der Waals surface area contributed by atoms with Crippen LogP contribution < -0.4 is 20.5 Å². The second-order valence-electron chi connectivity index (χ2n) is 10.8. The first kappa shape index (κ1) is 34.5. The van der Waals surface area contributed by atoms with Crippen molar-refractivity contribution in [1.82, 2.24) is 24.6 Å². The highest BCUT2D eigenvalue weighted by molar-refractivity contribution is 5.77. The Bertz CT molecular complexity index is 1520. The van der Waals surface area contributed by atoms with Crippen LogP contribution in [0.15, 0.2) is 47.7 Å². The molecule has 1 aliphatic rings. The normalized spacial score (nSPS) is 15.0. The van der Waals surface area contributed by atoms with Crippen LogP contribution in [0.5, 0.6) is 5.75 Å². The third-order valence-corrected chi connectivity index (χ3v) is 7.47. The molecule has 1 unspecified atom stereocenters. The molecule has 1 amide bonds. The molecule has 250 valence electrons. The highest BCUT2D eigenvalue weighted by atomic mass is 19.4. The van der Waals surface area contributed by atoms with Gasteiger partial charge in [-0.15, -0.1) is 0 Å². The van der Waals surface area contributed by atoms with Crippen molar-refractivity contribution in [2.75, 3.05) is 50.7 Å². The summed E-state index contributed by atoms with van der Waals surface area (Å²) in [6, 6.07) is 5.59. The number of alkyl halides is 6. The van der Waals surface area contributed by atoms with Crippen LogP contribution in [-0.4, -0.2) is 83.1 Å². The van der Waals surface area contributed by atoms with Crippen LogP contribution in [0.4, 0.5) is 38.0 Å². The van der Waals surface area contributed by atoms with Gasteiger partial charge in [0.15, 0.2) is 0 Å². The fourth-order valence-corrected chi connectivity index (χ4v) is 4.91. The smallest absolute Gasteiger partial charge is 0.423 e. The fourth-order valence-electron chi connectivity index (χ4n) is 4.91. The Morgan fingerprint density at radius 2 is 1.67 bits per heavy atom. The largest absolute Gasteiger partial charge is 0.497 e. The molecular weight excluding hydrogens is 624 g/mol. The molecule has 0 bridgehead atoms. The Labute approximate surface area is 260 Å². The molecule has 1 saturated heterocycles. The Morgan fingerprint density at radius 3 is 2.24 bits per heavy atom. The van der Waals surface area contributed by atoms with E-state index in [-0.39, 0.29) is 37.7 Å². The molecule has 17 heteroatoms. The standard InChI is InChI=1S/C29H33F6N7O4/c1-18(39-23-14-38-42(26(44)25(23)29(33,34)35)15-19-4-6-22(45-3)7-5-19)16-46-17-24(43)40(2)21-8-10-41(11-9-21)27-36-12-20(13-37-27)28(30,31)32/h4-7,12-14,18,21,39H,8-11,15-17H2,1-3H3. The van der Waals surface area contributed by atoms with Crippen molar-refractivity contribution in [3.8, 4) is 5.75 Å². The molecule has 1 atom stereocenters. The number of piperidine rings is 1. The van der Waals surface area contributed by atoms with Gasteiger partial charge in [-0.3, -0.25) is 9.59 Å². The van der Waals surface area contributed by atoms with Crippen LogP contribution in [-0.2, 0) is 28.4 Å². The van der Waals surface area contributed by atoms with E-state index in [1.54, 1.807) is 36.2 Å². The zero-order chi connectivity index (χ0) is 33.6. The summed E-state index contributed by atoms with van der Waals surface area (Å²) >= 11 is 0. The van der Waals surface area contributed by atoms with Crippen molar-refractivity contribution in [3.63, 3.8) is 0 Å². The minimum Gasteiger partial charge on any atom is -0.497 e. The van der Waals surface area contributed by atoms with Gasteiger partial charge in [0.25, 0.3) is 5.56 Å². The number of likely N-dealkylation sites (N-methyl/N-ethyl adjacent to an activating group) is 1. The number of aromatic nitrogens is 4. The van der Waals surface area contributed by atoms with E-state index >= 15 is 0 Å². The number of hydrogen-bond donors (Lipinski definition) is 1. The van der Waals surface area contributed by atoms with Gasteiger partial charge in [-0.05, 0) is 37.5 Å². The van der Waals surface area contributed by atoms with Crippen LogP contribution >= 0.6 is 0 Å².